The van der Waals surface area contributed by atoms with Gasteiger partial charge in [-0.25, -0.2) is 0 Å². The number of nitrogens with one attached hydrogen (secondary N) is 1. The number of likely N-dealkylation sites (tertiary alicyclic amines) is 1. The van der Waals surface area contributed by atoms with Gasteiger partial charge in [0.2, 0.25) is 0 Å². The Morgan fingerprint density at radius 2 is 1.85 bits per heavy atom. The van der Waals surface area contributed by atoms with Gasteiger partial charge < -0.3 is 10.2 Å². The van der Waals surface area contributed by atoms with Crippen LogP contribution in [0.25, 0.3) is 0 Å². The first-order valence-electron chi connectivity index (χ1n) is 6.78. The molecule has 7 heteroatoms. The standard InChI is InChI=1S/C13H19F3N4/c1-9(2)20-7-5-10(6-8-20)17-12-4-3-11(18-19-12)13(14,15)16/h3-4,9-10H,5-8H2,1-2H3,(H,17,19). The molecule has 0 aliphatic carbocycles. The molecule has 0 spiro atoms. The molecule has 0 unspecified atom stereocenters. The van der Waals surface area contributed by atoms with Gasteiger partial charge in [0.05, 0.1) is 0 Å². The molecular weight excluding hydrogens is 269 g/mol. The molecule has 1 N–H and O–H groups in total. The summed E-state index contributed by atoms with van der Waals surface area (Å²) in [6.07, 6.45) is -2.52. The van der Waals surface area contributed by atoms with Gasteiger partial charge in [0.15, 0.2) is 5.69 Å². The molecule has 1 aliphatic heterocycles. The number of hydrogen-bond acceptors (Lipinski definition) is 4. The van der Waals surface area contributed by atoms with E-state index in [1.165, 1.54) is 6.07 Å². The van der Waals surface area contributed by atoms with Gasteiger partial charge in [0.1, 0.15) is 5.82 Å². The molecule has 1 aromatic heterocycles. The third-order valence-corrected chi connectivity index (χ3v) is 3.57. The predicted octanol–water partition coefficient (Wildman–Crippen LogP) is 2.78. The summed E-state index contributed by atoms with van der Waals surface area (Å²) < 4.78 is 37.1. The average molecular weight is 288 g/mol. The number of hydrogen-bond donors (Lipinski definition) is 1. The summed E-state index contributed by atoms with van der Waals surface area (Å²) in [4.78, 5) is 2.39. The van der Waals surface area contributed by atoms with Crippen molar-refractivity contribution in [1.82, 2.24) is 15.1 Å². The van der Waals surface area contributed by atoms with Crippen LogP contribution in [0.1, 0.15) is 32.4 Å². The summed E-state index contributed by atoms with van der Waals surface area (Å²) in [5.41, 5.74) is -0.960. The molecule has 0 amide bonds. The highest BCUT2D eigenvalue weighted by Gasteiger charge is 2.33. The highest BCUT2D eigenvalue weighted by atomic mass is 19.4. The van der Waals surface area contributed by atoms with Crippen molar-refractivity contribution < 1.29 is 13.2 Å². The lowest BCUT2D eigenvalue weighted by molar-refractivity contribution is -0.141. The lowest BCUT2D eigenvalue weighted by Crippen LogP contribution is -2.42. The Balaban J connectivity index is 1.89. The normalized spacial score (nSPS) is 18.5. The second-order valence-corrected chi connectivity index (χ2v) is 5.35. The zero-order chi connectivity index (χ0) is 14.8. The van der Waals surface area contributed by atoms with E-state index in [4.69, 9.17) is 0 Å². The van der Waals surface area contributed by atoms with Crippen molar-refractivity contribution in [3.05, 3.63) is 17.8 Å². The molecule has 2 rings (SSSR count). The molecule has 1 aromatic rings. The fraction of sp³-hybridized carbons (Fsp3) is 0.692. The first-order chi connectivity index (χ1) is 9.36. The molecule has 1 saturated heterocycles. The largest absolute Gasteiger partial charge is 0.435 e. The van der Waals surface area contributed by atoms with Crippen LogP contribution < -0.4 is 5.32 Å². The number of halogens is 3. The number of nitrogens with zero attached hydrogens (tertiary/aromatic N) is 3. The number of alkyl halides is 3. The van der Waals surface area contributed by atoms with Crippen molar-refractivity contribution in [2.24, 2.45) is 0 Å². The van der Waals surface area contributed by atoms with Crippen LogP contribution in [0.15, 0.2) is 12.1 Å². The summed E-state index contributed by atoms with van der Waals surface area (Å²) in [6, 6.07) is 3.07. The predicted molar refractivity (Wildman–Crippen MR) is 70.4 cm³/mol. The number of piperidine rings is 1. The number of aromatic nitrogens is 2. The Bertz CT molecular complexity index is 422. The minimum Gasteiger partial charge on any atom is -0.366 e. The third kappa shape index (κ3) is 3.82. The van der Waals surface area contributed by atoms with Gasteiger partial charge >= 0.3 is 6.18 Å². The summed E-state index contributed by atoms with van der Waals surface area (Å²) in [6.45, 7) is 6.30. The second kappa shape index (κ2) is 5.95. The molecule has 1 fully saturated rings. The zero-order valence-corrected chi connectivity index (χ0v) is 11.6. The lowest BCUT2D eigenvalue weighted by Gasteiger charge is -2.34. The minimum absolute atomic E-state index is 0.246. The first kappa shape index (κ1) is 15.0. The maximum Gasteiger partial charge on any atom is 0.435 e. The smallest absolute Gasteiger partial charge is 0.366 e. The van der Waals surface area contributed by atoms with Crippen molar-refractivity contribution >= 4 is 5.82 Å². The van der Waals surface area contributed by atoms with Crippen LogP contribution in [-0.2, 0) is 6.18 Å². The van der Waals surface area contributed by atoms with E-state index in [1.54, 1.807) is 0 Å². The molecule has 0 bridgehead atoms. The van der Waals surface area contributed by atoms with Gasteiger partial charge in [0.25, 0.3) is 0 Å². The van der Waals surface area contributed by atoms with Gasteiger partial charge in [-0.2, -0.15) is 13.2 Å². The van der Waals surface area contributed by atoms with Gasteiger partial charge in [-0.15, -0.1) is 10.2 Å². The van der Waals surface area contributed by atoms with Gasteiger partial charge in [-0.1, -0.05) is 0 Å². The topological polar surface area (TPSA) is 41.0 Å². The average Bonchev–Trinajstić information content (AvgIpc) is 2.39. The van der Waals surface area contributed by atoms with E-state index in [1.807, 2.05) is 0 Å². The first-order valence-corrected chi connectivity index (χ1v) is 6.78. The van der Waals surface area contributed by atoms with Crippen molar-refractivity contribution in [2.75, 3.05) is 18.4 Å². The molecular formula is C13H19F3N4. The summed E-state index contributed by atoms with van der Waals surface area (Å²) >= 11 is 0. The van der Waals surface area contributed by atoms with E-state index in [2.05, 4.69) is 34.3 Å². The van der Waals surface area contributed by atoms with Crippen LogP contribution in [-0.4, -0.2) is 40.3 Å². The monoisotopic (exact) mass is 288 g/mol. The van der Waals surface area contributed by atoms with Crippen LogP contribution in [0, 0.1) is 0 Å². The molecule has 1 aliphatic rings. The van der Waals surface area contributed by atoms with E-state index in [9.17, 15) is 13.2 Å². The summed E-state index contributed by atoms with van der Waals surface area (Å²) in [5.74, 6) is 0.404. The maximum atomic E-state index is 12.4. The minimum atomic E-state index is -4.44. The Kier molecular flexibility index (Phi) is 4.47. The van der Waals surface area contributed by atoms with E-state index in [0.29, 0.717) is 11.9 Å². The van der Waals surface area contributed by atoms with Crippen molar-refractivity contribution in [3.8, 4) is 0 Å². The molecule has 2 heterocycles. The van der Waals surface area contributed by atoms with E-state index < -0.39 is 11.9 Å². The highest BCUT2D eigenvalue weighted by Crippen LogP contribution is 2.27. The molecule has 0 saturated carbocycles. The fourth-order valence-corrected chi connectivity index (χ4v) is 2.33. The van der Waals surface area contributed by atoms with Crippen LogP contribution in [0.5, 0.6) is 0 Å². The van der Waals surface area contributed by atoms with E-state index >= 15 is 0 Å². The fourth-order valence-electron chi connectivity index (χ4n) is 2.33. The van der Waals surface area contributed by atoms with Crippen LogP contribution in [0.2, 0.25) is 0 Å². The zero-order valence-electron chi connectivity index (χ0n) is 11.6. The van der Waals surface area contributed by atoms with Gasteiger partial charge in [-0.3, -0.25) is 0 Å². The Labute approximate surface area is 116 Å². The molecule has 20 heavy (non-hydrogen) atoms. The highest BCUT2D eigenvalue weighted by molar-refractivity contribution is 5.34. The Morgan fingerprint density at radius 3 is 2.30 bits per heavy atom. The van der Waals surface area contributed by atoms with Crippen molar-refractivity contribution in [2.45, 2.75) is 44.9 Å². The quantitative estimate of drug-likeness (QED) is 0.928. The van der Waals surface area contributed by atoms with Crippen LogP contribution in [0.3, 0.4) is 0 Å². The number of rotatable bonds is 3. The van der Waals surface area contributed by atoms with E-state index in [-0.39, 0.29) is 6.04 Å². The summed E-state index contributed by atoms with van der Waals surface area (Å²) in [7, 11) is 0. The second-order valence-electron chi connectivity index (χ2n) is 5.35. The third-order valence-electron chi connectivity index (χ3n) is 3.57. The number of anilines is 1. The molecule has 4 nitrogen and oxygen atoms in total. The molecule has 112 valence electrons. The molecule has 0 atom stereocenters. The molecule has 0 aromatic carbocycles. The summed E-state index contributed by atoms with van der Waals surface area (Å²) in [5, 5.41) is 9.96. The van der Waals surface area contributed by atoms with Crippen LogP contribution >= 0.6 is 0 Å². The van der Waals surface area contributed by atoms with Crippen molar-refractivity contribution in [1.29, 1.82) is 0 Å². The SMILES string of the molecule is CC(C)N1CCC(Nc2ccc(C(F)(F)F)nn2)CC1. The van der Waals surface area contributed by atoms with Gasteiger partial charge in [-0.05, 0) is 38.8 Å². The Hall–Kier alpha value is -1.37. The van der Waals surface area contributed by atoms with Crippen molar-refractivity contribution in [3.63, 3.8) is 0 Å². The lowest BCUT2D eigenvalue weighted by atomic mass is 10.0. The van der Waals surface area contributed by atoms with Gasteiger partial charge in [0, 0.05) is 25.2 Å². The van der Waals surface area contributed by atoms with E-state index in [0.717, 1.165) is 32.0 Å². The Morgan fingerprint density at radius 1 is 1.20 bits per heavy atom. The molecule has 0 radical (unpaired) electrons. The maximum absolute atomic E-state index is 12.4. The van der Waals surface area contributed by atoms with Crippen LogP contribution in [0.4, 0.5) is 19.0 Å².